The van der Waals surface area contributed by atoms with Gasteiger partial charge in [0.15, 0.2) is 0 Å². The van der Waals surface area contributed by atoms with Crippen LogP contribution in [0.25, 0.3) is 10.9 Å². The van der Waals surface area contributed by atoms with Crippen molar-refractivity contribution in [2.24, 2.45) is 0 Å². The fraction of sp³-hybridized carbons (Fsp3) is 0.333. The average molecular weight is 271 g/mol. The van der Waals surface area contributed by atoms with Crippen LogP contribution in [0.15, 0.2) is 30.3 Å². The van der Waals surface area contributed by atoms with Gasteiger partial charge in [-0.15, -0.1) is 0 Å². The van der Waals surface area contributed by atoms with E-state index in [1.807, 2.05) is 31.3 Å². The van der Waals surface area contributed by atoms with Crippen molar-refractivity contribution in [2.45, 2.75) is 12.5 Å². The molecule has 5 nitrogen and oxygen atoms in total. The van der Waals surface area contributed by atoms with Crippen molar-refractivity contribution in [1.29, 1.82) is 0 Å². The van der Waals surface area contributed by atoms with Crippen molar-refractivity contribution in [3.8, 4) is 0 Å². The second kappa shape index (κ2) is 5.09. The van der Waals surface area contributed by atoms with Crippen LogP contribution in [-0.4, -0.2) is 42.1 Å². The molecule has 0 bridgehead atoms. The lowest BCUT2D eigenvalue weighted by Gasteiger charge is -2.23. The Hall–Kier alpha value is -2.14. The van der Waals surface area contributed by atoms with Gasteiger partial charge < -0.3 is 15.4 Å². The summed E-state index contributed by atoms with van der Waals surface area (Å²) in [5, 5.41) is 0.831. The Kier molecular flexibility index (Phi) is 3.28. The number of nitrogens with zero attached hydrogens (tertiary/aromatic N) is 2. The SMILES string of the molecule is CN(C(=O)c1cc(N)nc2ccccc12)C1CCOC1. The smallest absolute Gasteiger partial charge is 0.254 e. The zero-order valence-electron chi connectivity index (χ0n) is 11.4. The van der Waals surface area contributed by atoms with E-state index in [-0.39, 0.29) is 11.9 Å². The van der Waals surface area contributed by atoms with Gasteiger partial charge in [-0.3, -0.25) is 4.79 Å². The Balaban J connectivity index is 2.02. The maximum Gasteiger partial charge on any atom is 0.254 e. The van der Waals surface area contributed by atoms with Crippen LogP contribution < -0.4 is 5.73 Å². The first-order chi connectivity index (χ1) is 9.66. The van der Waals surface area contributed by atoms with E-state index in [1.165, 1.54) is 0 Å². The second-order valence-corrected chi connectivity index (χ2v) is 5.05. The van der Waals surface area contributed by atoms with Gasteiger partial charge in [0, 0.05) is 19.0 Å². The standard InChI is InChI=1S/C15H17N3O2/c1-18(10-6-7-20-9-10)15(19)12-8-14(16)17-13-5-3-2-4-11(12)13/h2-5,8,10H,6-7,9H2,1H3,(H2,16,17). The lowest BCUT2D eigenvalue weighted by atomic mass is 10.1. The minimum atomic E-state index is -0.0363. The van der Waals surface area contributed by atoms with E-state index in [9.17, 15) is 4.79 Å². The van der Waals surface area contributed by atoms with Crippen molar-refractivity contribution in [3.63, 3.8) is 0 Å². The summed E-state index contributed by atoms with van der Waals surface area (Å²) in [5.41, 5.74) is 7.15. The first kappa shape index (κ1) is 12.9. The molecule has 3 rings (SSSR count). The lowest BCUT2D eigenvalue weighted by molar-refractivity contribution is 0.0713. The van der Waals surface area contributed by atoms with Crippen LogP contribution in [0.1, 0.15) is 16.8 Å². The van der Waals surface area contributed by atoms with Crippen molar-refractivity contribution >= 4 is 22.6 Å². The zero-order valence-corrected chi connectivity index (χ0v) is 11.4. The topological polar surface area (TPSA) is 68.5 Å². The number of ether oxygens (including phenoxy) is 1. The number of benzene rings is 1. The van der Waals surface area contributed by atoms with Gasteiger partial charge in [0.05, 0.1) is 23.7 Å². The largest absolute Gasteiger partial charge is 0.384 e. The van der Waals surface area contributed by atoms with Gasteiger partial charge in [0.25, 0.3) is 5.91 Å². The van der Waals surface area contributed by atoms with Gasteiger partial charge in [0.2, 0.25) is 0 Å². The molecule has 1 amide bonds. The molecule has 0 saturated carbocycles. The van der Waals surface area contributed by atoms with Crippen LogP contribution in [-0.2, 0) is 4.74 Å². The Morgan fingerprint density at radius 2 is 2.25 bits per heavy atom. The summed E-state index contributed by atoms with van der Waals surface area (Å²) in [5.74, 6) is 0.328. The normalized spacial score (nSPS) is 18.4. The molecule has 20 heavy (non-hydrogen) atoms. The van der Waals surface area contributed by atoms with E-state index < -0.39 is 0 Å². The second-order valence-electron chi connectivity index (χ2n) is 5.05. The summed E-state index contributed by atoms with van der Waals surface area (Å²) < 4.78 is 5.34. The third-order valence-corrected chi connectivity index (χ3v) is 3.74. The number of carbonyl (C=O) groups is 1. The third-order valence-electron chi connectivity index (χ3n) is 3.74. The summed E-state index contributed by atoms with van der Waals surface area (Å²) in [4.78, 5) is 18.7. The number of nitrogen functional groups attached to an aromatic ring is 1. The number of para-hydroxylation sites is 1. The molecule has 1 fully saturated rings. The molecule has 1 saturated heterocycles. The van der Waals surface area contributed by atoms with Gasteiger partial charge in [-0.05, 0) is 18.6 Å². The molecule has 2 heterocycles. The van der Waals surface area contributed by atoms with E-state index in [1.54, 1.807) is 11.0 Å². The summed E-state index contributed by atoms with van der Waals surface area (Å²) in [6.45, 7) is 1.31. The van der Waals surface area contributed by atoms with E-state index in [0.717, 1.165) is 17.3 Å². The van der Waals surface area contributed by atoms with Crippen molar-refractivity contribution in [3.05, 3.63) is 35.9 Å². The first-order valence-corrected chi connectivity index (χ1v) is 6.67. The van der Waals surface area contributed by atoms with Crippen LogP contribution in [0.5, 0.6) is 0 Å². The molecule has 0 radical (unpaired) electrons. The van der Waals surface area contributed by atoms with Gasteiger partial charge in [0.1, 0.15) is 5.82 Å². The maximum atomic E-state index is 12.7. The molecule has 2 N–H and O–H groups in total. The average Bonchev–Trinajstić information content (AvgIpc) is 2.99. The molecule has 2 aromatic rings. The molecule has 1 aromatic carbocycles. The maximum absolute atomic E-state index is 12.7. The number of aromatic nitrogens is 1. The number of nitrogens with two attached hydrogens (primary N) is 1. The molecule has 104 valence electrons. The van der Waals surface area contributed by atoms with Gasteiger partial charge in [-0.2, -0.15) is 0 Å². The molecule has 1 aromatic heterocycles. The number of carbonyl (C=O) groups excluding carboxylic acids is 1. The van der Waals surface area contributed by atoms with Crippen LogP contribution in [0, 0.1) is 0 Å². The number of hydrogen-bond acceptors (Lipinski definition) is 4. The predicted octanol–water partition coefficient (Wildman–Crippen LogP) is 1.68. The third kappa shape index (κ3) is 2.20. The quantitative estimate of drug-likeness (QED) is 0.902. The molecular weight excluding hydrogens is 254 g/mol. The molecular formula is C15H17N3O2. The number of pyridine rings is 1. The monoisotopic (exact) mass is 271 g/mol. The Morgan fingerprint density at radius 3 is 3.00 bits per heavy atom. The van der Waals surface area contributed by atoms with E-state index in [2.05, 4.69) is 4.98 Å². The van der Waals surface area contributed by atoms with E-state index >= 15 is 0 Å². The predicted molar refractivity (Wildman–Crippen MR) is 77.5 cm³/mol. The van der Waals surface area contributed by atoms with Crippen LogP contribution in [0.2, 0.25) is 0 Å². The summed E-state index contributed by atoms with van der Waals surface area (Å²) in [6, 6.07) is 9.33. The molecule has 0 spiro atoms. The number of fused-ring (bicyclic) bond motifs is 1. The Morgan fingerprint density at radius 1 is 1.45 bits per heavy atom. The van der Waals surface area contributed by atoms with Crippen molar-refractivity contribution in [1.82, 2.24) is 9.88 Å². The summed E-state index contributed by atoms with van der Waals surface area (Å²) in [7, 11) is 1.81. The summed E-state index contributed by atoms with van der Waals surface area (Å²) in [6.07, 6.45) is 0.876. The number of rotatable bonds is 2. The Labute approximate surface area is 117 Å². The minimum absolute atomic E-state index is 0.0363. The molecule has 1 unspecified atom stereocenters. The van der Waals surface area contributed by atoms with Crippen molar-refractivity contribution < 1.29 is 9.53 Å². The number of likely N-dealkylation sites (N-methyl/N-ethyl adjacent to an activating group) is 1. The molecule has 1 aliphatic rings. The van der Waals surface area contributed by atoms with E-state index in [4.69, 9.17) is 10.5 Å². The van der Waals surface area contributed by atoms with Crippen LogP contribution in [0.3, 0.4) is 0 Å². The Bertz CT molecular complexity index is 651. The highest BCUT2D eigenvalue weighted by Crippen LogP contribution is 2.22. The fourth-order valence-electron chi connectivity index (χ4n) is 2.56. The van der Waals surface area contributed by atoms with Gasteiger partial charge >= 0.3 is 0 Å². The van der Waals surface area contributed by atoms with E-state index in [0.29, 0.717) is 24.6 Å². The molecule has 5 heteroatoms. The van der Waals surface area contributed by atoms with Crippen LogP contribution >= 0.6 is 0 Å². The number of amides is 1. The molecule has 1 atom stereocenters. The first-order valence-electron chi connectivity index (χ1n) is 6.67. The number of hydrogen-bond donors (Lipinski definition) is 1. The van der Waals surface area contributed by atoms with Gasteiger partial charge in [-0.1, -0.05) is 18.2 Å². The van der Waals surface area contributed by atoms with Gasteiger partial charge in [-0.25, -0.2) is 4.98 Å². The lowest BCUT2D eigenvalue weighted by Crippen LogP contribution is -2.37. The van der Waals surface area contributed by atoms with Crippen LogP contribution in [0.4, 0.5) is 5.82 Å². The zero-order chi connectivity index (χ0) is 14.1. The molecule has 1 aliphatic heterocycles. The summed E-state index contributed by atoms with van der Waals surface area (Å²) >= 11 is 0. The number of anilines is 1. The highest BCUT2D eigenvalue weighted by atomic mass is 16.5. The highest BCUT2D eigenvalue weighted by Gasteiger charge is 2.26. The minimum Gasteiger partial charge on any atom is -0.384 e. The fourth-order valence-corrected chi connectivity index (χ4v) is 2.56. The highest BCUT2D eigenvalue weighted by molar-refractivity contribution is 6.06. The van der Waals surface area contributed by atoms with Crippen molar-refractivity contribution in [2.75, 3.05) is 26.0 Å². The molecule has 0 aliphatic carbocycles.